The van der Waals surface area contributed by atoms with Gasteiger partial charge in [-0.15, -0.1) is 0 Å². The van der Waals surface area contributed by atoms with Crippen LogP contribution in [0.2, 0.25) is 0 Å². The maximum absolute atomic E-state index is 9.00. The van der Waals surface area contributed by atoms with E-state index < -0.39 is 5.97 Å². The fourth-order valence-corrected chi connectivity index (χ4v) is 0.534. The molecule has 3 heteroatoms. The summed E-state index contributed by atoms with van der Waals surface area (Å²) in [5.74, 6) is -0.833. The first-order valence-corrected chi connectivity index (χ1v) is 3.34. The largest absolute Gasteiger partial charge is 0.481 e. The fourth-order valence-electron chi connectivity index (χ4n) is 0.534. The van der Waals surface area contributed by atoms with Crippen LogP contribution in [0.5, 0.6) is 0 Å². The molecular weight excluding hydrogens is 205 g/mol. The van der Waals surface area contributed by atoms with Gasteiger partial charge in [0.15, 0.2) is 0 Å². The summed E-state index contributed by atoms with van der Waals surface area (Å²) in [5.41, 5.74) is 1.32. The standard InChI is InChI=1S/C7H8.C2H4O2.Zn/c1-7-5-3-2-4-6-7;1-2(3)4;/h2-6H,1H3;1H3,(H,3,4);. The van der Waals surface area contributed by atoms with Crippen molar-refractivity contribution in [3.8, 4) is 0 Å². The molecule has 0 saturated heterocycles. The van der Waals surface area contributed by atoms with E-state index in [-0.39, 0.29) is 19.5 Å². The molecule has 0 fully saturated rings. The molecule has 0 aliphatic rings. The zero-order valence-corrected chi connectivity index (χ0v) is 10.4. The number of carboxylic acid groups (broad SMARTS) is 1. The van der Waals surface area contributed by atoms with Crippen LogP contribution in [-0.2, 0) is 24.3 Å². The summed E-state index contributed by atoms with van der Waals surface area (Å²) in [6.07, 6.45) is 0. The molecule has 2 nitrogen and oxygen atoms in total. The van der Waals surface area contributed by atoms with Crippen LogP contribution in [0.1, 0.15) is 12.5 Å². The second kappa shape index (κ2) is 8.41. The molecule has 0 saturated carbocycles. The predicted octanol–water partition coefficient (Wildman–Crippen LogP) is 2.08. The summed E-state index contributed by atoms with van der Waals surface area (Å²) < 4.78 is 0. The fraction of sp³-hybridized carbons (Fsp3) is 0.222. The second-order valence-electron chi connectivity index (χ2n) is 2.17. The third-order valence-corrected chi connectivity index (χ3v) is 0.940. The minimum absolute atomic E-state index is 0. The minimum atomic E-state index is -0.833. The maximum Gasteiger partial charge on any atom is 0.300 e. The molecule has 0 unspecified atom stereocenters. The zero-order valence-electron chi connectivity index (χ0n) is 7.45. The van der Waals surface area contributed by atoms with Gasteiger partial charge in [0.2, 0.25) is 0 Å². The summed E-state index contributed by atoms with van der Waals surface area (Å²) in [6, 6.07) is 10.3. The Balaban J connectivity index is 0. The number of aliphatic carboxylic acids is 1. The van der Waals surface area contributed by atoms with Crippen LogP contribution in [0.15, 0.2) is 30.3 Å². The Hall–Kier alpha value is -0.687. The van der Waals surface area contributed by atoms with E-state index in [0.717, 1.165) is 6.92 Å². The Kier molecular flexibility index (Phi) is 9.72. The summed E-state index contributed by atoms with van der Waals surface area (Å²) >= 11 is 0. The van der Waals surface area contributed by atoms with E-state index in [4.69, 9.17) is 9.90 Å². The van der Waals surface area contributed by atoms with Crippen LogP contribution in [0.4, 0.5) is 0 Å². The monoisotopic (exact) mass is 216 g/mol. The van der Waals surface area contributed by atoms with Gasteiger partial charge < -0.3 is 5.11 Å². The van der Waals surface area contributed by atoms with Crippen molar-refractivity contribution in [3.05, 3.63) is 35.9 Å². The molecule has 0 aromatic heterocycles. The average molecular weight is 218 g/mol. The van der Waals surface area contributed by atoms with Crippen molar-refractivity contribution in [2.24, 2.45) is 0 Å². The van der Waals surface area contributed by atoms with E-state index in [1.54, 1.807) is 0 Å². The molecule has 1 aromatic rings. The van der Waals surface area contributed by atoms with E-state index in [1.807, 2.05) is 18.2 Å². The summed E-state index contributed by atoms with van der Waals surface area (Å²) in [4.78, 5) is 9.00. The van der Waals surface area contributed by atoms with Gasteiger partial charge >= 0.3 is 0 Å². The van der Waals surface area contributed by atoms with Crippen LogP contribution in [-0.4, -0.2) is 11.1 Å². The number of hydrogen-bond acceptors (Lipinski definition) is 1. The Morgan fingerprint density at radius 1 is 1.25 bits per heavy atom. The molecule has 0 atom stereocenters. The molecular formula is C9H12O2Zn. The molecule has 0 amide bonds. The van der Waals surface area contributed by atoms with Crippen LogP contribution in [0.25, 0.3) is 0 Å². The van der Waals surface area contributed by atoms with E-state index in [1.165, 1.54) is 5.56 Å². The molecule has 0 aliphatic carbocycles. The number of aryl methyl sites for hydroxylation is 1. The first-order chi connectivity index (χ1) is 5.13. The molecule has 0 aliphatic heterocycles. The van der Waals surface area contributed by atoms with Gasteiger partial charge in [0.1, 0.15) is 0 Å². The molecule has 1 aromatic carbocycles. The van der Waals surface area contributed by atoms with Crippen molar-refractivity contribution in [2.45, 2.75) is 13.8 Å². The molecule has 0 spiro atoms. The van der Waals surface area contributed by atoms with Gasteiger partial charge in [0.25, 0.3) is 5.97 Å². The van der Waals surface area contributed by atoms with Gasteiger partial charge in [0, 0.05) is 26.4 Å². The Labute approximate surface area is 85.4 Å². The Morgan fingerprint density at radius 2 is 1.58 bits per heavy atom. The second-order valence-corrected chi connectivity index (χ2v) is 2.17. The van der Waals surface area contributed by atoms with E-state index >= 15 is 0 Å². The SMILES string of the molecule is CC(=O)O.Cc1ccccc1.[Zn]. The molecule has 1 rings (SSSR count). The van der Waals surface area contributed by atoms with Gasteiger partial charge in [-0.1, -0.05) is 35.9 Å². The zero-order chi connectivity index (χ0) is 8.69. The molecule has 0 heterocycles. The van der Waals surface area contributed by atoms with E-state index in [0.29, 0.717) is 0 Å². The predicted molar refractivity (Wildman–Crippen MR) is 44.5 cm³/mol. The maximum atomic E-state index is 9.00. The third kappa shape index (κ3) is 12.0. The Bertz CT molecular complexity index is 205. The smallest absolute Gasteiger partial charge is 0.300 e. The number of carboxylic acids is 1. The van der Waals surface area contributed by atoms with Crippen LogP contribution < -0.4 is 0 Å². The average Bonchev–Trinajstić information content (AvgIpc) is 1.87. The molecule has 1 N–H and O–H groups in total. The quantitative estimate of drug-likeness (QED) is 0.676. The molecule has 12 heavy (non-hydrogen) atoms. The van der Waals surface area contributed by atoms with Crippen molar-refractivity contribution in [1.29, 1.82) is 0 Å². The van der Waals surface area contributed by atoms with Gasteiger partial charge in [-0.05, 0) is 6.92 Å². The van der Waals surface area contributed by atoms with Crippen molar-refractivity contribution < 1.29 is 29.4 Å². The van der Waals surface area contributed by atoms with Crippen LogP contribution in [0, 0.1) is 6.92 Å². The number of carbonyl (C=O) groups is 1. The van der Waals surface area contributed by atoms with Gasteiger partial charge in [0.05, 0.1) is 0 Å². The first-order valence-electron chi connectivity index (χ1n) is 3.34. The van der Waals surface area contributed by atoms with Crippen molar-refractivity contribution in [1.82, 2.24) is 0 Å². The van der Waals surface area contributed by atoms with E-state index in [2.05, 4.69) is 19.1 Å². The van der Waals surface area contributed by atoms with Gasteiger partial charge in [-0.2, -0.15) is 0 Å². The first kappa shape index (κ1) is 13.9. The third-order valence-electron chi connectivity index (χ3n) is 0.940. The van der Waals surface area contributed by atoms with Crippen molar-refractivity contribution in [3.63, 3.8) is 0 Å². The summed E-state index contributed by atoms with van der Waals surface area (Å²) in [5, 5.41) is 7.42. The summed E-state index contributed by atoms with van der Waals surface area (Å²) in [6.45, 7) is 3.17. The number of benzene rings is 1. The topological polar surface area (TPSA) is 37.3 Å². The van der Waals surface area contributed by atoms with Gasteiger partial charge in [-0.25, -0.2) is 0 Å². The molecule has 0 radical (unpaired) electrons. The van der Waals surface area contributed by atoms with Gasteiger partial charge in [-0.3, -0.25) is 4.79 Å². The van der Waals surface area contributed by atoms with Crippen molar-refractivity contribution in [2.75, 3.05) is 0 Å². The summed E-state index contributed by atoms with van der Waals surface area (Å²) in [7, 11) is 0. The Morgan fingerprint density at radius 3 is 1.75 bits per heavy atom. The van der Waals surface area contributed by atoms with Crippen molar-refractivity contribution >= 4 is 5.97 Å². The van der Waals surface area contributed by atoms with Crippen LogP contribution >= 0.6 is 0 Å². The minimum Gasteiger partial charge on any atom is -0.481 e. The van der Waals surface area contributed by atoms with E-state index in [9.17, 15) is 0 Å². The number of hydrogen-bond donors (Lipinski definition) is 1. The molecule has 62 valence electrons. The number of rotatable bonds is 0. The molecule has 0 bridgehead atoms. The normalized spacial score (nSPS) is 7.17. The van der Waals surface area contributed by atoms with Crippen LogP contribution in [0.3, 0.4) is 0 Å².